The van der Waals surface area contributed by atoms with Gasteiger partial charge in [-0.25, -0.2) is 0 Å². The van der Waals surface area contributed by atoms with Crippen LogP contribution in [0.4, 0.5) is 29.3 Å². The van der Waals surface area contributed by atoms with E-state index in [1.807, 2.05) is 0 Å². The first-order valence-electron chi connectivity index (χ1n) is 10.8. The third-order valence-electron chi connectivity index (χ3n) is 6.19. The van der Waals surface area contributed by atoms with Crippen LogP contribution in [-0.4, -0.2) is 34.8 Å². The maximum absolute atomic E-state index is 13.5. The minimum atomic E-state index is -4.79. The lowest BCUT2D eigenvalue weighted by Gasteiger charge is -2.29. The van der Waals surface area contributed by atoms with Gasteiger partial charge in [-0.15, -0.1) is 0 Å². The van der Waals surface area contributed by atoms with E-state index in [4.69, 9.17) is 22.2 Å². The minimum absolute atomic E-state index is 0.0217. The van der Waals surface area contributed by atoms with E-state index in [0.717, 1.165) is 17.0 Å². The lowest BCUT2D eigenvalue weighted by molar-refractivity contribution is -0.252. The fourth-order valence-corrected chi connectivity index (χ4v) is 4.57. The predicted octanol–water partition coefficient (Wildman–Crippen LogP) is 3.34. The molecule has 2 aromatic carbocycles. The van der Waals surface area contributed by atoms with Gasteiger partial charge >= 0.3 is 6.18 Å². The van der Waals surface area contributed by atoms with E-state index in [9.17, 15) is 27.9 Å². The van der Waals surface area contributed by atoms with Crippen molar-refractivity contribution >= 4 is 40.7 Å². The van der Waals surface area contributed by atoms with Gasteiger partial charge < -0.3 is 24.9 Å². The molecule has 0 aromatic heterocycles. The van der Waals surface area contributed by atoms with Crippen LogP contribution in [0, 0.1) is 11.3 Å². The molecule has 0 spiro atoms. The zero-order valence-electron chi connectivity index (χ0n) is 19.2. The molecular formula is C24H20F3N4O4S-. The van der Waals surface area contributed by atoms with Crippen molar-refractivity contribution in [2.75, 3.05) is 16.4 Å². The summed E-state index contributed by atoms with van der Waals surface area (Å²) < 4.78 is 46.1. The maximum Gasteiger partial charge on any atom is 0.417 e. The Morgan fingerprint density at radius 2 is 1.81 bits per heavy atom. The van der Waals surface area contributed by atoms with Crippen LogP contribution >= 0.6 is 12.2 Å². The van der Waals surface area contributed by atoms with E-state index in [0.29, 0.717) is 24.3 Å². The highest BCUT2D eigenvalue weighted by Gasteiger charge is 2.51. The molecule has 1 N–H and O–H groups in total. The molecule has 12 heteroatoms. The van der Waals surface area contributed by atoms with Gasteiger partial charge in [0, 0.05) is 5.69 Å². The molecule has 2 fully saturated rings. The molecule has 1 aliphatic heterocycles. The molecule has 1 aliphatic carbocycles. The molecule has 36 heavy (non-hydrogen) atoms. The average molecular weight is 518 g/mol. The number of carbonyl (C=O) groups excluding carboxylic acids is 2. The molecule has 4 rings (SSSR count). The van der Waals surface area contributed by atoms with Crippen LogP contribution in [0.3, 0.4) is 0 Å². The normalized spacial score (nSPS) is 18.1. The lowest BCUT2D eigenvalue weighted by atomic mass is 10.0. The number of amides is 2. The van der Waals surface area contributed by atoms with Crippen LogP contribution < -0.4 is 25.0 Å². The Bertz CT molecular complexity index is 1280. The molecule has 2 aromatic rings. The Kier molecular flexibility index (Phi) is 6.08. The van der Waals surface area contributed by atoms with Crippen LogP contribution in [0.1, 0.15) is 37.8 Å². The number of rotatable bonds is 6. The molecule has 0 unspecified atom stereocenters. The summed E-state index contributed by atoms with van der Waals surface area (Å²) in [5.41, 5.74) is -3.17. The van der Waals surface area contributed by atoms with Gasteiger partial charge in [0.1, 0.15) is 24.0 Å². The summed E-state index contributed by atoms with van der Waals surface area (Å²) in [6, 6.07) is 11.1. The van der Waals surface area contributed by atoms with Gasteiger partial charge in [0.2, 0.25) is 0 Å². The number of benzene rings is 2. The molecule has 0 radical (unpaired) electrons. The van der Waals surface area contributed by atoms with Crippen molar-refractivity contribution in [2.24, 2.45) is 0 Å². The van der Waals surface area contributed by atoms with Crippen molar-refractivity contribution < 1.29 is 32.6 Å². The lowest BCUT2D eigenvalue weighted by Crippen LogP contribution is -2.47. The Labute approximate surface area is 209 Å². The predicted molar refractivity (Wildman–Crippen MR) is 125 cm³/mol. The summed E-state index contributed by atoms with van der Waals surface area (Å²) >= 11 is 5.51. The van der Waals surface area contributed by atoms with Gasteiger partial charge in [-0.1, -0.05) is 0 Å². The Hall–Kier alpha value is -3.85. The number of carboxylic acid groups (broad SMARTS) is 1. The fourth-order valence-electron chi connectivity index (χ4n) is 4.05. The first-order valence-corrected chi connectivity index (χ1v) is 11.2. The van der Waals surface area contributed by atoms with Gasteiger partial charge in [-0.2, -0.15) is 18.4 Å². The largest absolute Gasteiger partial charge is 0.530 e. The summed E-state index contributed by atoms with van der Waals surface area (Å²) in [7, 11) is 0. The summed E-state index contributed by atoms with van der Waals surface area (Å²) in [5.74, 6) is -0.0760. The molecule has 8 nitrogen and oxygen atoms in total. The van der Waals surface area contributed by atoms with Crippen molar-refractivity contribution in [3.8, 4) is 11.8 Å². The van der Waals surface area contributed by atoms with E-state index < -0.39 is 40.4 Å². The Morgan fingerprint density at radius 3 is 2.33 bits per heavy atom. The first kappa shape index (κ1) is 25.2. The zero-order chi connectivity index (χ0) is 26.5. The summed E-state index contributed by atoms with van der Waals surface area (Å²) in [5, 5.41) is 22.2. The molecule has 0 atom stereocenters. The topological polar surface area (TPSA) is 109 Å². The standard InChI is InChI=1S/C24H21F3N4O4S/c1-22(2)19(32)30(16-4-3-14(12-28)18(11-16)24(25,26)27)21(36)31(22)15-5-7-17(8-6-15)35-13-23(9-10-23)29-20(33)34/h3-8,11,29H,9-10,13H2,1-2H3,(H,33,34)/p-1. The Balaban J connectivity index is 1.58. The van der Waals surface area contributed by atoms with Gasteiger partial charge in [0.25, 0.3) is 5.91 Å². The number of alkyl halides is 3. The molecule has 188 valence electrons. The first-order chi connectivity index (χ1) is 16.8. The number of hydrogen-bond donors (Lipinski definition) is 1. The second-order valence-corrected chi connectivity index (χ2v) is 9.50. The third kappa shape index (κ3) is 4.54. The number of halogens is 3. The van der Waals surface area contributed by atoms with Gasteiger partial charge in [-0.05, 0) is 81.4 Å². The van der Waals surface area contributed by atoms with Gasteiger partial charge in [0.15, 0.2) is 5.11 Å². The number of anilines is 2. The second kappa shape index (κ2) is 8.67. The fraction of sp³-hybridized carbons (Fsp3) is 0.333. The molecular weight excluding hydrogens is 497 g/mol. The number of nitriles is 1. The number of thiocarbonyl (C=S) groups is 1. The molecule has 1 heterocycles. The number of nitrogens with zero attached hydrogens (tertiary/aromatic N) is 3. The monoisotopic (exact) mass is 517 g/mol. The SMILES string of the molecule is CC1(C)C(=O)N(c2ccc(C#N)c(C(F)(F)F)c2)C(=S)N1c1ccc(OCC2(NC(=O)[O-])CC2)cc1. The van der Waals surface area contributed by atoms with Crippen LogP contribution in [-0.2, 0) is 11.0 Å². The highest BCUT2D eigenvalue weighted by molar-refractivity contribution is 7.81. The number of carbonyl (C=O) groups is 2. The quantitative estimate of drug-likeness (QED) is 0.586. The maximum atomic E-state index is 13.5. The van der Waals surface area contributed by atoms with E-state index in [1.54, 1.807) is 38.1 Å². The summed E-state index contributed by atoms with van der Waals surface area (Å²) in [4.78, 5) is 26.6. The van der Waals surface area contributed by atoms with E-state index >= 15 is 0 Å². The summed E-state index contributed by atoms with van der Waals surface area (Å²) in [6.45, 7) is 3.33. The summed E-state index contributed by atoms with van der Waals surface area (Å²) in [6.07, 6.45) is -4.88. The molecule has 1 saturated heterocycles. The zero-order valence-corrected chi connectivity index (χ0v) is 20.0. The highest BCUT2D eigenvalue weighted by Crippen LogP contribution is 2.40. The van der Waals surface area contributed by atoms with E-state index in [-0.39, 0.29) is 17.4 Å². The van der Waals surface area contributed by atoms with Crippen molar-refractivity contribution in [3.63, 3.8) is 0 Å². The number of nitrogens with one attached hydrogen (secondary N) is 1. The second-order valence-electron chi connectivity index (χ2n) is 9.13. The van der Waals surface area contributed by atoms with Gasteiger partial charge in [-0.3, -0.25) is 9.69 Å². The van der Waals surface area contributed by atoms with Gasteiger partial charge in [0.05, 0.1) is 28.4 Å². The molecule has 2 aliphatic rings. The van der Waals surface area contributed by atoms with E-state index in [2.05, 4.69) is 5.32 Å². The minimum Gasteiger partial charge on any atom is -0.530 e. The highest BCUT2D eigenvalue weighted by atomic mass is 32.1. The van der Waals surface area contributed by atoms with Crippen LogP contribution in [0.25, 0.3) is 0 Å². The molecule has 2 amide bonds. The molecule has 0 bridgehead atoms. The van der Waals surface area contributed by atoms with Crippen molar-refractivity contribution in [2.45, 2.75) is 43.9 Å². The van der Waals surface area contributed by atoms with Crippen LogP contribution in [0.5, 0.6) is 5.75 Å². The number of ether oxygens (including phenoxy) is 1. The van der Waals surface area contributed by atoms with Crippen molar-refractivity contribution in [1.82, 2.24) is 5.32 Å². The molecule has 1 saturated carbocycles. The smallest absolute Gasteiger partial charge is 0.417 e. The van der Waals surface area contributed by atoms with E-state index in [1.165, 1.54) is 17.0 Å². The third-order valence-corrected chi connectivity index (χ3v) is 6.55. The number of hydrogen-bond acceptors (Lipinski definition) is 6. The van der Waals surface area contributed by atoms with Crippen molar-refractivity contribution in [3.05, 3.63) is 53.6 Å². The van der Waals surface area contributed by atoms with Crippen molar-refractivity contribution in [1.29, 1.82) is 5.26 Å². The average Bonchev–Trinajstić information content (AvgIpc) is 3.53. The van der Waals surface area contributed by atoms with Crippen LogP contribution in [0.2, 0.25) is 0 Å². The van der Waals surface area contributed by atoms with Crippen LogP contribution in [0.15, 0.2) is 42.5 Å². The Morgan fingerprint density at radius 1 is 1.19 bits per heavy atom.